The van der Waals surface area contributed by atoms with Crippen molar-refractivity contribution in [2.45, 2.75) is 19.4 Å². The van der Waals surface area contributed by atoms with Gasteiger partial charge in [-0.25, -0.2) is 8.78 Å². The van der Waals surface area contributed by atoms with Crippen LogP contribution in [-0.4, -0.2) is 12.6 Å². The van der Waals surface area contributed by atoms with Gasteiger partial charge in [0.1, 0.15) is 11.6 Å². The third-order valence-corrected chi connectivity index (χ3v) is 2.05. The molecule has 0 saturated carbocycles. The highest BCUT2D eigenvalue weighted by molar-refractivity contribution is 5.85. The number of esters is 1. The number of ether oxygens (including phenoxy) is 1. The van der Waals surface area contributed by atoms with E-state index in [1.54, 1.807) is 6.92 Å². The highest BCUT2D eigenvalue weighted by Gasteiger charge is 2.16. The van der Waals surface area contributed by atoms with E-state index in [0.29, 0.717) is 0 Å². The van der Waals surface area contributed by atoms with Crippen molar-refractivity contribution in [2.24, 2.45) is 5.73 Å². The lowest BCUT2D eigenvalue weighted by Gasteiger charge is -2.11. The second-order valence-corrected chi connectivity index (χ2v) is 3.28. The van der Waals surface area contributed by atoms with Crippen molar-refractivity contribution in [3.8, 4) is 0 Å². The Balaban J connectivity index is 0.00000256. The van der Waals surface area contributed by atoms with Crippen LogP contribution in [0, 0.1) is 11.6 Å². The van der Waals surface area contributed by atoms with Crippen LogP contribution in [0.3, 0.4) is 0 Å². The molecular weight excluding hydrogens is 252 g/mol. The van der Waals surface area contributed by atoms with E-state index in [-0.39, 0.29) is 31.0 Å². The summed E-state index contributed by atoms with van der Waals surface area (Å²) in [6, 6.07) is 2.25. The maximum absolute atomic E-state index is 13.3. The molecule has 3 nitrogen and oxygen atoms in total. The van der Waals surface area contributed by atoms with E-state index in [2.05, 4.69) is 4.74 Å². The Kier molecular flexibility index (Phi) is 6.68. The summed E-state index contributed by atoms with van der Waals surface area (Å²) in [5, 5.41) is 0. The Labute approximate surface area is 104 Å². The smallest absolute Gasteiger partial charge is 0.307 e. The first-order chi connectivity index (χ1) is 7.54. The standard InChI is InChI=1S/C11H13F2NO2.ClH/c1-2-16-11(15)6-10(14)8-4-3-7(12)5-9(8)13;/h3-5,10H,2,6,14H2,1H3;1H/t10-;/m0./s1. The van der Waals surface area contributed by atoms with Gasteiger partial charge in [0.15, 0.2) is 0 Å². The molecule has 0 radical (unpaired) electrons. The van der Waals surface area contributed by atoms with Crippen molar-refractivity contribution >= 4 is 18.4 Å². The van der Waals surface area contributed by atoms with Crippen molar-refractivity contribution in [1.29, 1.82) is 0 Å². The molecule has 1 rings (SSSR count). The summed E-state index contributed by atoms with van der Waals surface area (Å²) in [7, 11) is 0. The summed E-state index contributed by atoms with van der Waals surface area (Å²) in [4.78, 5) is 11.1. The minimum absolute atomic E-state index is 0. The largest absolute Gasteiger partial charge is 0.466 e. The molecule has 0 aliphatic carbocycles. The minimum atomic E-state index is -0.820. The third kappa shape index (κ3) is 4.66. The van der Waals surface area contributed by atoms with Crippen molar-refractivity contribution in [3.05, 3.63) is 35.4 Å². The van der Waals surface area contributed by atoms with Crippen molar-refractivity contribution < 1.29 is 18.3 Å². The van der Waals surface area contributed by atoms with E-state index in [0.717, 1.165) is 12.1 Å². The van der Waals surface area contributed by atoms with Crippen LogP contribution in [0.5, 0.6) is 0 Å². The summed E-state index contributed by atoms with van der Waals surface area (Å²) in [5.41, 5.74) is 5.72. The number of nitrogens with two attached hydrogens (primary N) is 1. The number of benzene rings is 1. The zero-order valence-electron chi connectivity index (χ0n) is 9.28. The van der Waals surface area contributed by atoms with Crippen LogP contribution in [0.15, 0.2) is 18.2 Å². The fraction of sp³-hybridized carbons (Fsp3) is 0.364. The van der Waals surface area contributed by atoms with Gasteiger partial charge in [-0.3, -0.25) is 4.79 Å². The van der Waals surface area contributed by atoms with Crippen molar-refractivity contribution in [3.63, 3.8) is 0 Å². The Bertz CT molecular complexity index is 388. The molecule has 0 spiro atoms. The average Bonchev–Trinajstić information content (AvgIpc) is 2.17. The lowest BCUT2D eigenvalue weighted by Crippen LogP contribution is -2.18. The zero-order valence-corrected chi connectivity index (χ0v) is 10.1. The Morgan fingerprint density at radius 3 is 2.65 bits per heavy atom. The quantitative estimate of drug-likeness (QED) is 0.850. The zero-order chi connectivity index (χ0) is 12.1. The molecule has 0 aliphatic heterocycles. The molecule has 0 fully saturated rings. The number of halogens is 3. The van der Waals surface area contributed by atoms with Crippen LogP contribution >= 0.6 is 12.4 Å². The lowest BCUT2D eigenvalue weighted by molar-refractivity contribution is -0.143. The molecular formula is C11H14ClF2NO2. The first kappa shape index (κ1) is 15.8. The van der Waals surface area contributed by atoms with E-state index in [9.17, 15) is 13.6 Å². The van der Waals surface area contributed by atoms with Crippen molar-refractivity contribution in [1.82, 2.24) is 0 Å². The minimum Gasteiger partial charge on any atom is -0.466 e. The number of hydrogen-bond acceptors (Lipinski definition) is 3. The first-order valence-electron chi connectivity index (χ1n) is 4.90. The summed E-state index contributed by atoms with van der Waals surface area (Å²) < 4.78 is 30.6. The predicted octanol–water partition coefficient (Wildman–Crippen LogP) is 2.34. The third-order valence-electron chi connectivity index (χ3n) is 2.05. The summed E-state index contributed by atoms with van der Waals surface area (Å²) in [6.07, 6.45) is -0.129. The topological polar surface area (TPSA) is 52.3 Å². The van der Waals surface area contributed by atoms with E-state index in [1.165, 1.54) is 6.07 Å². The van der Waals surface area contributed by atoms with Crippen LogP contribution in [0.2, 0.25) is 0 Å². The number of rotatable bonds is 4. The van der Waals surface area contributed by atoms with Gasteiger partial charge in [-0.15, -0.1) is 12.4 Å². The van der Waals surface area contributed by atoms with Crippen molar-refractivity contribution in [2.75, 3.05) is 6.61 Å². The molecule has 1 atom stereocenters. The van der Waals surface area contributed by atoms with E-state index < -0.39 is 23.6 Å². The molecule has 96 valence electrons. The Morgan fingerprint density at radius 2 is 2.12 bits per heavy atom. The molecule has 0 unspecified atom stereocenters. The van der Waals surface area contributed by atoms with Gasteiger partial charge in [-0.1, -0.05) is 6.07 Å². The molecule has 0 saturated heterocycles. The fourth-order valence-corrected chi connectivity index (χ4v) is 1.31. The van der Waals surface area contributed by atoms with E-state index in [4.69, 9.17) is 5.73 Å². The second-order valence-electron chi connectivity index (χ2n) is 3.28. The van der Waals surface area contributed by atoms with Gasteiger partial charge in [0.25, 0.3) is 0 Å². The highest BCUT2D eigenvalue weighted by Crippen LogP contribution is 2.19. The van der Waals surface area contributed by atoms with Crippen LogP contribution in [0.1, 0.15) is 24.9 Å². The molecule has 17 heavy (non-hydrogen) atoms. The maximum Gasteiger partial charge on any atom is 0.307 e. The van der Waals surface area contributed by atoms with Crippen LogP contribution < -0.4 is 5.73 Å². The maximum atomic E-state index is 13.3. The Hall–Kier alpha value is -1.20. The van der Waals surface area contributed by atoms with Gasteiger partial charge in [-0.2, -0.15) is 0 Å². The normalized spacial score (nSPS) is 11.5. The highest BCUT2D eigenvalue weighted by atomic mass is 35.5. The molecule has 1 aromatic carbocycles. The van der Waals surface area contributed by atoms with Crippen LogP contribution in [0.4, 0.5) is 8.78 Å². The van der Waals surface area contributed by atoms with Gasteiger partial charge in [0.05, 0.1) is 13.0 Å². The van der Waals surface area contributed by atoms with Crippen LogP contribution in [-0.2, 0) is 9.53 Å². The SMILES string of the molecule is CCOC(=O)C[C@H](N)c1ccc(F)cc1F.Cl. The number of hydrogen-bond donors (Lipinski definition) is 1. The van der Waals surface area contributed by atoms with Gasteiger partial charge < -0.3 is 10.5 Å². The first-order valence-corrected chi connectivity index (χ1v) is 4.90. The van der Waals surface area contributed by atoms with Gasteiger partial charge in [-0.05, 0) is 13.0 Å². The van der Waals surface area contributed by atoms with Crippen LogP contribution in [0.25, 0.3) is 0 Å². The monoisotopic (exact) mass is 265 g/mol. The van der Waals surface area contributed by atoms with E-state index in [1.807, 2.05) is 0 Å². The molecule has 2 N–H and O–H groups in total. The number of carbonyl (C=O) groups is 1. The van der Waals surface area contributed by atoms with E-state index >= 15 is 0 Å². The lowest BCUT2D eigenvalue weighted by atomic mass is 10.0. The fourth-order valence-electron chi connectivity index (χ4n) is 1.31. The van der Waals surface area contributed by atoms with Gasteiger partial charge >= 0.3 is 5.97 Å². The Morgan fingerprint density at radius 1 is 1.47 bits per heavy atom. The average molecular weight is 266 g/mol. The van der Waals surface area contributed by atoms with Gasteiger partial charge in [0.2, 0.25) is 0 Å². The molecule has 0 amide bonds. The summed E-state index contributed by atoms with van der Waals surface area (Å²) in [6.45, 7) is 1.92. The molecule has 6 heteroatoms. The molecule has 0 aromatic heterocycles. The molecule has 0 bridgehead atoms. The predicted molar refractivity (Wildman–Crippen MR) is 61.8 cm³/mol. The second kappa shape index (κ2) is 7.19. The molecule has 0 aliphatic rings. The molecule has 1 aromatic rings. The van der Waals surface area contributed by atoms with Gasteiger partial charge in [0, 0.05) is 17.7 Å². The molecule has 0 heterocycles. The summed E-state index contributed by atoms with van der Waals surface area (Å²) in [5.74, 6) is -1.93. The summed E-state index contributed by atoms with van der Waals surface area (Å²) >= 11 is 0. The number of carbonyl (C=O) groups excluding carboxylic acids is 1.